The van der Waals surface area contributed by atoms with Crippen LogP contribution in [0, 0.1) is 17.5 Å². The number of halogens is 3. The highest BCUT2D eigenvalue weighted by Gasteiger charge is 2.36. The second kappa shape index (κ2) is 7.45. The van der Waals surface area contributed by atoms with Gasteiger partial charge in [-0.2, -0.15) is 0 Å². The molecule has 0 aromatic heterocycles. The zero-order valence-corrected chi connectivity index (χ0v) is 14.5. The molecule has 2 aromatic rings. The Morgan fingerprint density at radius 3 is 2.44 bits per heavy atom. The highest BCUT2D eigenvalue weighted by Crippen LogP contribution is 2.44. The van der Waals surface area contributed by atoms with E-state index in [1.807, 2.05) is 6.92 Å². The topological polar surface area (TPSA) is 35.6 Å². The van der Waals surface area contributed by atoms with Crippen LogP contribution in [-0.4, -0.2) is 23.8 Å². The summed E-state index contributed by atoms with van der Waals surface area (Å²) in [7, 11) is 0. The molecule has 3 rings (SSSR count). The first kappa shape index (κ1) is 17.8. The average Bonchev–Trinajstić information content (AvgIpc) is 2.89. The number of rotatable bonds is 6. The molecule has 4 nitrogen and oxygen atoms in total. The first-order valence-electron chi connectivity index (χ1n) is 7.99. The quantitative estimate of drug-likeness (QED) is 0.623. The van der Waals surface area contributed by atoms with Crippen LogP contribution >= 0.6 is 0 Å². The highest BCUT2D eigenvalue weighted by molar-refractivity contribution is 7.88. The number of para-hydroxylation sites is 2. The van der Waals surface area contributed by atoms with Crippen molar-refractivity contribution < 1.29 is 17.4 Å². The molecule has 0 fully saturated rings. The molecule has 1 unspecified atom stereocenters. The summed E-state index contributed by atoms with van der Waals surface area (Å²) in [6.07, 6.45) is 0.738. The van der Waals surface area contributed by atoms with Gasteiger partial charge in [0, 0.05) is 6.54 Å². The predicted molar refractivity (Wildman–Crippen MR) is 93.5 cm³/mol. The molecule has 1 heterocycles. The van der Waals surface area contributed by atoms with Gasteiger partial charge < -0.3 is 5.32 Å². The van der Waals surface area contributed by atoms with Gasteiger partial charge in [0.15, 0.2) is 17.5 Å². The highest BCUT2D eigenvalue weighted by atomic mass is 32.2. The Hall–Kier alpha value is -2.06. The summed E-state index contributed by atoms with van der Waals surface area (Å²) in [6, 6.07) is 8.91. The summed E-state index contributed by atoms with van der Waals surface area (Å²) in [5, 5.41) is 3.19. The lowest BCUT2D eigenvalue weighted by molar-refractivity contribution is 0.448. The Morgan fingerprint density at radius 2 is 1.72 bits per heavy atom. The SMILES string of the molecule is CCNCCCN1c2ccccc2N(c2ccc(F)c(F)c2F)S1=O. The maximum absolute atomic E-state index is 14.2. The fourth-order valence-corrected chi connectivity index (χ4v) is 4.16. The molecule has 8 heteroatoms. The van der Waals surface area contributed by atoms with Crippen LogP contribution in [0.4, 0.5) is 30.2 Å². The Kier molecular flexibility index (Phi) is 5.29. The van der Waals surface area contributed by atoms with E-state index >= 15 is 0 Å². The van der Waals surface area contributed by atoms with Gasteiger partial charge in [-0.25, -0.2) is 21.7 Å². The van der Waals surface area contributed by atoms with Crippen molar-refractivity contribution in [1.82, 2.24) is 5.32 Å². The van der Waals surface area contributed by atoms with Gasteiger partial charge >= 0.3 is 0 Å². The van der Waals surface area contributed by atoms with Gasteiger partial charge in [0.1, 0.15) is 0 Å². The Balaban J connectivity index is 1.96. The van der Waals surface area contributed by atoms with E-state index in [1.165, 1.54) is 4.31 Å². The van der Waals surface area contributed by atoms with E-state index < -0.39 is 28.6 Å². The minimum absolute atomic E-state index is 0.251. The predicted octanol–water partition coefficient (Wildman–Crippen LogP) is 3.64. The van der Waals surface area contributed by atoms with Crippen molar-refractivity contribution in [3.8, 4) is 0 Å². The molecule has 0 saturated heterocycles. The lowest BCUT2D eigenvalue weighted by Gasteiger charge is -2.20. The molecule has 0 bridgehead atoms. The molecular formula is C17H18F3N3OS. The minimum Gasteiger partial charge on any atom is -0.317 e. The van der Waals surface area contributed by atoms with E-state index in [4.69, 9.17) is 0 Å². The third-order valence-electron chi connectivity index (χ3n) is 3.91. The van der Waals surface area contributed by atoms with E-state index in [9.17, 15) is 17.4 Å². The van der Waals surface area contributed by atoms with Gasteiger partial charge in [0.2, 0.25) is 11.2 Å². The second-order valence-electron chi connectivity index (χ2n) is 5.52. The maximum Gasteiger partial charge on any atom is 0.230 e. The Morgan fingerprint density at radius 1 is 1.00 bits per heavy atom. The number of nitrogens with one attached hydrogen (secondary N) is 1. The van der Waals surface area contributed by atoms with Crippen LogP contribution in [0.2, 0.25) is 0 Å². The van der Waals surface area contributed by atoms with Gasteiger partial charge in [-0.15, -0.1) is 0 Å². The number of nitrogens with zero attached hydrogens (tertiary/aromatic N) is 2. The van der Waals surface area contributed by atoms with E-state index in [2.05, 4.69) is 5.32 Å². The lowest BCUT2D eigenvalue weighted by atomic mass is 10.2. The van der Waals surface area contributed by atoms with Crippen molar-refractivity contribution in [2.45, 2.75) is 13.3 Å². The Labute approximate surface area is 147 Å². The number of hydrogen-bond acceptors (Lipinski definition) is 2. The minimum atomic E-state index is -1.77. The lowest BCUT2D eigenvalue weighted by Crippen LogP contribution is -2.32. The smallest absolute Gasteiger partial charge is 0.230 e. The molecule has 1 aliphatic heterocycles. The average molecular weight is 369 g/mol. The van der Waals surface area contributed by atoms with Crippen molar-refractivity contribution >= 4 is 28.2 Å². The summed E-state index contributed by atoms with van der Waals surface area (Å²) in [5.41, 5.74) is 0.912. The van der Waals surface area contributed by atoms with Gasteiger partial charge in [0.25, 0.3) is 0 Å². The third kappa shape index (κ3) is 3.23. The van der Waals surface area contributed by atoms with Crippen LogP contribution in [0.5, 0.6) is 0 Å². The number of anilines is 3. The van der Waals surface area contributed by atoms with Crippen LogP contribution < -0.4 is 13.9 Å². The van der Waals surface area contributed by atoms with E-state index in [1.54, 1.807) is 28.6 Å². The van der Waals surface area contributed by atoms with Crippen molar-refractivity contribution in [2.24, 2.45) is 0 Å². The summed E-state index contributed by atoms with van der Waals surface area (Å²) >= 11 is -1.77. The molecule has 25 heavy (non-hydrogen) atoms. The summed E-state index contributed by atoms with van der Waals surface area (Å²) in [4.78, 5) is 0. The summed E-state index contributed by atoms with van der Waals surface area (Å²) < 4.78 is 56.9. The largest absolute Gasteiger partial charge is 0.317 e. The van der Waals surface area contributed by atoms with Crippen LogP contribution in [0.25, 0.3) is 0 Å². The van der Waals surface area contributed by atoms with E-state index in [0.29, 0.717) is 17.9 Å². The van der Waals surface area contributed by atoms with Gasteiger partial charge in [0.05, 0.1) is 17.1 Å². The van der Waals surface area contributed by atoms with Crippen LogP contribution in [0.1, 0.15) is 13.3 Å². The van der Waals surface area contributed by atoms with Gasteiger partial charge in [-0.05, 0) is 43.8 Å². The zero-order chi connectivity index (χ0) is 18.0. The first-order chi connectivity index (χ1) is 12.1. The summed E-state index contributed by atoms with van der Waals surface area (Å²) in [5.74, 6) is -4.20. The van der Waals surface area contributed by atoms with Crippen molar-refractivity contribution in [1.29, 1.82) is 0 Å². The molecule has 1 atom stereocenters. The zero-order valence-electron chi connectivity index (χ0n) is 13.6. The monoisotopic (exact) mass is 369 g/mol. The molecule has 2 aromatic carbocycles. The normalized spacial score (nSPS) is 16.4. The van der Waals surface area contributed by atoms with Crippen LogP contribution in [0.15, 0.2) is 36.4 Å². The molecule has 0 radical (unpaired) electrons. The van der Waals surface area contributed by atoms with Crippen molar-refractivity contribution in [2.75, 3.05) is 28.2 Å². The molecule has 0 saturated carbocycles. The second-order valence-corrected chi connectivity index (χ2v) is 6.78. The molecule has 1 N–H and O–H groups in total. The standard InChI is InChI=1S/C17H18F3N3OS/c1-2-21-10-5-11-22-13-6-3-4-7-14(13)23(25(22)24)15-9-8-12(18)16(19)17(15)20/h3-4,6-9,21H,2,5,10-11H2,1H3. The van der Waals surface area contributed by atoms with Gasteiger partial charge in [-0.1, -0.05) is 19.1 Å². The third-order valence-corrected chi connectivity index (χ3v) is 5.37. The molecule has 0 spiro atoms. The van der Waals surface area contributed by atoms with Crippen LogP contribution in [0.3, 0.4) is 0 Å². The molecule has 134 valence electrons. The maximum atomic E-state index is 14.2. The van der Waals surface area contributed by atoms with Crippen molar-refractivity contribution in [3.63, 3.8) is 0 Å². The fourth-order valence-electron chi connectivity index (χ4n) is 2.72. The number of fused-ring (bicyclic) bond motifs is 1. The number of hydrogen-bond donors (Lipinski definition) is 1. The fraction of sp³-hybridized carbons (Fsp3) is 0.294. The van der Waals surface area contributed by atoms with E-state index in [0.717, 1.165) is 31.6 Å². The van der Waals surface area contributed by atoms with Gasteiger partial charge in [-0.3, -0.25) is 4.31 Å². The molecule has 0 aliphatic carbocycles. The van der Waals surface area contributed by atoms with Crippen molar-refractivity contribution in [3.05, 3.63) is 53.8 Å². The van der Waals surface area contributed by atoms with Crippen LogP contribution in [-0.2, 0) is 11.2 Å². The Bertz CT molecular complexity index is 803. The number of benzene rings is 2. The molecule has 1 aliphatic rings. The molecule has 0 amide bonds. The molecular weight excluding hydrogens is 351 g/mol. The van der Waals surface area contributed by atoms with E-state index in [-0.39, 0.29) is 5.69 Å². The summed E-state index contributed by atoms with van der Waals surface area (Å²) in [6.45, 7) is 4.08. The first-order valence-corrected chi connectivity index (χ1v) is 9.05.